The highest BCUT2D eigenvalue weighted by atomic mass is 16.6. The van der Waals surface area contributed by atoms with E-state index >= 15 is 0 Å². The molecule has 2 aromatic rings. The average molecular weight is 454 g/mol. The van der Waals surface area contributed by atoms with E-state index in [0.717, 1.165) is 44.0 Å². The lowest BCUT2D eigenvalue weighted by Gasteiger charge is -2.37. The van der Waals surface area contributed by atoms with Gasteiger partial charge in [0.25, 0.3) is 0 Å². The fraction of sp³-hybridized carbons (Fsp3) is 0.500. The van der Waals surface area contributed by atoms with Gasteiger partial charge in [0, 0.05) is 38.4 Å². The zero-order valence-electron chi connectivity index (χ0n) is 19.4. The van der Waals surface area contributed by atoms with Crippen LogP contribution >= 0.6 is 0 Å². The first-order valence-corrected chi connectivity index (χ1v) is 12.0. The molecule has 2 heterocycles. The molecule has 0 aliphatic carbocycles. The summed E-state index contributed by atoms with van der Waals surface area (Å²) in [6.45, 7) is 6.64. The van der Waals surface area contributed by atoms with E-state index in [1.165, 1.54) is 18.4 Å². The predicted octanol–water partition coefficient (Wildman–Crippen LogP) is 2.79. The molecular formula is C26H35N3O4. The summed E-state index contributed by atoms with van der Waals surface area (Å²) in [7, 11) is 0. The summed E-state index contributed by atoms with van der Waals surface area (Å²) in [5, 5.41) is 13.7. The van der Waals surface area contributed by atoms with E-state index < -0.39 is 6.10 Å². The molecule has 2 N–H and O–H groups in total. The number of carbonyl (C=O) groups is 1. The molecule has 1 fully saturated rings. The highest BCUT2D eigenvalue weighted by Gasteiger charge is 2.30. The average Bonchev–Trinajstić information content (AvgIpc) is 2.84. The Morgan fingerprint density at radius 1 is 1.06 bits per heavy atom. The first-order valence-electron chi connectivity index (χ1n) is 12.0. The third-order valence-electron chi connectivity index (χ3n) is 6.29. The van der Waals surface area contributed by atoms with Gasteiger partial charge in [0.15, 0.2) is 17.6 Å². The number of ether oxygens (including phenoxy) is 2. The molecule has 178 valence electrons. The summed E-state index contributed by atoms with van der Waals surface area (Å²) in [5.74, 6) is 1.41. The molecule has 2 aliphatic rings. The molecule has 1 amide bonds. The van der Waals surface area contributed by atoms with E-state index in [1.54, 1.807) is 0 Å². The molecule has 33 heavy (non-hydrogen) atoms. The summed E-state index contributed by atoms with van der Waals surface area (Å²) < 4.78 is 11.7. The van der Waals surface area contributed by atoms with Gasteiger partial charge in [-0.3, -0.25) is 14.6 Å². The van der Waals surface area contributed by atoms with E-state index in [2.05, 4.69) is 34.2 Å². The first kappa shape index (κ1) is 23.5. The number of aryl methyl sites for hydroxylation is 1. The number of benzene rings is 2. The molecule has 2 aliphatic heterocycles. The van der Waals surface area contributed by atoms with E-state index in [9.17, 15) is 9.90 Å². The minimum Gasteiger partial charge on any atom is -0.486 e. The maximum absolute atomic E-state index is 12.5. The Morgan fingerprint density at radius 2 is 1.76 bits per heavy atom. The second kappa shape index (κ2) is 11.5. The number of anilines is 1. The number of nitrogens with zero attached hydrogens (tertiary/aromatic N) is 2. The van der Waals surface area contributed by atoms with Crippen molar-refractivity contribution in [2.75, 3.05) is 51.2 Å². The highest BCUT2D eigenvalue weighted by Crippen LogP contribution is 2.31. The number of amides is 1. The zero-order valence-corrected chi connectivity index (χ0v) is 19.4. The predicted molar refractivity (Wildman–Crippen MR) is 129 cm³/mol. The molecular weight excluding hydrogens is 418 g/mol. The van der Waals surface area contributed by atoms with Crippen LogP contribution in [0.2, 0.25) is 0 Å². The van der Waals surface area contributed by atoms with Gasteiger partial charge in [-0.1, -0.05) is 37.6 Å². The lowest BCUT2D eigenvalue weighted by Crippen LogP contribution is -2.53. The molecule has 7 nitrogen and oxygen atoms in total. The molecule has 2 unspecified atom stereocenters. The topological polar surface area (TPSA) is 74.3 Å². The second-order valence-corrected chi connectivity index (χ2v) is 8.91. The second-order valence-electron chi connectivity index (χ2n) is 8.91. The Balaban J connectivity index is 1.16. The fourth-order valence-electron chi connectivity index (χ4n) is 4.28. The molecule has 0 saturated carbocycles. The Labute approximate surface area is 196 Å². The number of unbranched alkanes of at least 4 members (excludes halogenated alkanes) is 1. The van der Waals surface area contributed by atoms with Crippen LogP contribution in [0.1, 0.15) is 25.3 Å². The number of hydrogen-bond donors (Lipinski definition) is 2. The van der Waals surface area contributed by atoms with Crippen molar-refractivity contribution in [1.29, 1.82) is 0 Å². The van der Waals surface area contributed by atoms with E-state index in [0.29, 0.717) is 25.4 Å². The number of para-hydroxylation sites is 2. The first-order chi connectivity index (χ1) is 16.1. The number of β-amino-alcohol motifs (C(OH)–C–C–N with tert-alkyl or cyclic N) is 1. The van der Waals surface area contributed by atoms with E-state index in [4.69, 9.17) is 9.47 Å². The van der Waals surface area contributed by atoms with Crippen molar-refractivity contribution in [3.63, 3.8) is 0 Å². The van der Waals surface area contributed by atoms with Crippen LogP contribution in [0.15, 0.2) is 48.5 Å². The Hall–Kier alpha value is -2.61. The van der Waals surface area contributed by atoms with Crippen LogP contribution in [0.4, 0.5) is 5.69 Å². The van der Waals surface area contributed by atoms with Crippen LogP contribution in [0.5, 0.6) is 11.5 Å². The van der Waals surface area contributed by atoms with Gasteiger partial charge in [0.1, 0.15) is 12.7 Å². The van der Waals surface area contributed by atoms with Crippen LogP contribution < -0.4 is 14.8 Å². The number of piperazine rings is 1. The monoisotopic (exact) mass is 453 g/mol. The minimum atomic E-state index is -0.631. The molecule has 0 aromatic heterocycles. The maximum Gasteiger partial charge on any atom is 0.238 e. The van der Waals surface area contributed by atoms with Crippen molar-refractivity contribution in [3.8, 4) is 11.5 Å². The normalized spacial score (nSPS) is 19.8. The van der Waals surface area contributed by atoms with Crippen molar-refractivity contribution < 1.29 is 19.4 Å². The van der Waals surface area contributed by atoms with Gasteiger partial charge in [-0.2, -0.15) is 0 Å². The number of fused-ring (bicyclic) bond motifs is 1. The minimum absolute atomic E-state index is 0.0104. The van der Waals surface area contributed by atoms with Gasteiger partial charge in [-0.05, 0) is 42.7 Å². The number of rotatable bonds is 9. The summed E-state index contributed by atoms with van der Waals surface area (Å²) in [4.78, 5) is 16.8. The fourth-order valence-corrected chi connectivity index (χ4v) is 4.28. The van der Waals surface area contributed by atoms with Crippen LogP contribution in [-0.2, 0) is 11.2 Å². The van der Waals surface area contributed by atoms with Crippen molar-refractivity contribution in [2.45, 2.75) is 38.4 Å². The van der Waals surface area contributed by atoms with Gasteiger partial charge in [0.2, 0.25) is 5.91 Å². The Bertz CT molecular complexity index is 897. The van der Waals surface area contributed by atoms with Gasteiger partial charge in [0.05, 0.1) is 6.54 Å². The lowest BCUT2D eigenvalue weighted by atomic mass is 10.1. The molecule has 0 spiro atoms. The SMILES string of the molecule is CCCCc1ccc(NC(=O)CN2CCN(CC(O)C3COc4ccccc4O3)CC2)cc1. The quantitative estimate of drug-likeness (QED) is 0.608. The molecule has 0 radical (unpaired) electrons. The number of carbonyl (C=O) groups excluding carboxylic acids is 1. The summed E-state index contributed by atoms with van der Waals surface area (Å²) in [5.41, 5.74) is 2.15. The van der Waals surface area contributed by atoms with Gasteiger partial charge in [-0.15, -0.1) is 0 Å². The third kappa shape index (κ3) is 6.69. The number of aliphatic hydroxyl groups is 1. The smallest absolute Gasteiger partial charge is 0.238 e. The Kier molecular flexibility index (Phi) is 8.20. The standard InChI is InChI=1S/C26H35N3O4/c1-2-3-6-20-9-11-21(12-10-20)27-26(31)18-29-15-13-28(14-16-29)17-22(30)25-19-32-23-7-4-5-8-24(23)33-25/h4-5,7-12,22,25,30H,2-3,6,13-19H2,1H3,(H,27,31). The van der Waals surface area contributed by atoms with Crippen LogP contribution in [0.3, 0.4) is 0 Å². The van der Waals surface area contributed by atoms with Crippen molar-refractivity contribution in [1.82, 2.24) is 9.80 Å². The zero-order chi connectivity index (χ0) is 23.0. The Morgan fingerprint density at radius 3 is 2.48 bits per heavy atom. The van der Waals surface area contributed by atoms with Crippen molar-refractivity contribution >= 4 is 11.6 Å². The van der Waals surface area contributed by atoms with E-state index in [1.807, 2.05) is 36.4 Å². The van der Waals surface area contributed by atoms with Crippen molar-refractivity contribution in [3.05, 3.63) is 54.1 Å². The molecule has 7 heteroatoms. The number of nitrogens with one attached hydrogen (secondary N) is 1. The molecule has 4 rings (SSSR count). The van der Waals surface area contributed by atoms with Crippen LogP contribution in [0, 0.1) is 0 Å². The number of hydrogen-bond acceptors (Lipinski definition) is 6. The van der Waals surface area contributed by atoms with E-state index in [-0.39, 0.29) is 12.0 Å². The maximum atomic E-state index is 12.5. The van der Waals surface area contributed by atoms with Gasteiger partial charge in [-0.25, -0.2) is 0 Å². The lowest BCUT2D eigenvalue weighted by molar-refractivity contribution is -0.117. The van der Waals surface area contributed by atoms with Gasteiger partial charge < -0.3 is 19.9 Å². The summed E-state index contributed by atoms with van der Waals surface area (Å²) >= 11 is 0. The van der Waals surface area contributed by atoms with Crippen LogP contribution in [0.25, 0.3) is 0 Å². The highest BCUT2D eigenvalue weighted by molar-refractivity contribution is 5.92. The molecule has 2 aromatic carbocycles. The summed E-state index contributed by atoms with van der Waals surface area (Å²) in [6, 6.07) is 15.7. The van der Waals surface area contributed by atoms with Gasteiger partial charge >= 0.3 is 0 Å². The third-order valence-corrected chi connectivity index (χ3v) is 6.29. The van der Waals surface area contributed by atoms with Crippen molar-refractivity contribution in [2.24, 2.45) is 0 Å². The van der Waals surface area contributed by atoms with Crippen LogP contribution in [-0.4, -0.2) is 78.9 Å². The molecule has 2 atom stereocenters. The molecule has 0 bridgehead atoms. The number of aliphatic hydroxyl groups excluding tert-OH is 1. The largest absolute Gasteiger partial charge is 0.486 e. The summed E-state index contributed by atoms with van der Waals surface area (Å²) in [6.07, 6.45) is 2.44. The molecule has 1 saturated heterocycles.